The Morgan fingerprint density at radius 3 is 2.89 bits per heavy atom. The van der Waals surface area contributed by atoms with Gasteiger partial charge < -0.3 is 20.1 Å². The van der Waals surface area contributed by atoms with Gasteiger partial charge in [0, 0.05) is 13.6 Å². The van der Waals surface area contributed by atoms with E-state index in [1.54, 1.807) is 7.05 Å². The van der Waals surface area contributed by atoms with Crippen molar-refractivity contribution in [3.05, 3.63) is 22.2 Å². The third-order valence-electron chi connectivity index (χ3n) is 2.67. The Bertz CT molecular complexity index is 448. The number of nitro groups is 1. The van der Waals surface area contributed by atoms with Crippen molar-refractivity contribution >= 4 is 17.3 Å². The van der Waals surface area contributed by atoms with E-state index in [9.17, 15) is 10.1 Å². The summed E-state index contributed by atoms with van der Waals surface area (Å²) in [6.45, 7) is 2.18. The molecule has 1 unspecified atom stereocenters. The maximum Gasteiger partial charge on any atom is 0.276 e. The van der Waals surface area contributed by atoms with E-state index >= 15 is 0 Å². The predicted molar refractivity (Wildman–Crippen MR) is 69.5 cm³/mol. The van der Waals surface area contributed by atoms with Crippen LogP contribution in [0.1, 0.15) is 0 Å². The topological polar surface area (TPSA) is 98.6 Å². The zero-order chi connectivity index (χ0) is 13.7. The van der Waals surface area contributed by atoms with Crippen molar-refractivity contribution in [2.75, 3.05) is 44.0 Å². The van der Waals surface area contributed by atoms with Gasteiger partial charge in [-0.2, -0.15) is 0 Å². The molecule has 2 rings (SSSR count). The monoisotopic (exact) mass is 268 g/mol. The van der Waals surface area contributed by atoms with Crippen molar-refractivity contribution in [3.63, 3.8) is 0 Å². The molecule has 8 heteroatoms. The van der Waals surface area contributed by atoms with Crippen LogP contribution in [-0.4, -0.2) is 49.4 Å². The Morgan fingerprint density at radius 2 is 2.26 bits per heavy atom. The van der Waals surface area contributed by atoms with Crippen LogP contribution in [-0.2, 0) is 9.47 Å². The van der Waals surface area contributed by atoms with Gasteiger partial charge in [0.15, 0.2) is 0 Å². The normalized spacial score (nSPS) is 18.9. The first-order valence-corrected chi connectivity index (χ1v) is 5.96. The van der Waals surface area contributed by atoms with Gasteiger partial charge >= 0.3 is 0 Å². The molecule has 0 aliphatic carbocycles. The third kappa shape index (κ3) is 3.76. The number of pyridine rings is 1. The van der Waals surface area contributed by atoms with Gasteiger partial charge in [0.25, 0.3) is 5.69 Å². The average molecular weight is 268 g/mol. The summed E-state index contributed by atoms with van der Waals surface area (Å²) in [5.41, 5.74) is -0.0114. The van der Waals surface area contributed by atoms with E-state index in [4.69, 9.17) is 9.47 Å². The molecular formula is C11H16N4O4. The Hall–Kier alpha value is -1.93. The molecular weight excluding hydrogens is 252 g/mol. The zero-order valence-corrected chi connectivity index (χ0v) is 10.6. The predicted octanol–water partition coefficient (Wildman–Crippen LogP) is 0.859. The largest absolute Gasteiger partial charge is 0.376 e. The summed E-state index contributed by atoms with van der Waals surface area (Å²) >= 11 is 0. The number of anilines is 2. The van der Waals surface area contributed by atoms with Gasteiger partial charge in [0.05, 0.1) is 43.0 Å². The Morgan fingerprint density at radius 1 is 1.47 bits per heavy atom. The first kappa shape index (κ1) is 13.5. The number of ether oxygens (including phenoxy) is 2. The summed E-state index contributed by atoms with van der Waals surface area (Å²) in [4.78, 5) is 14.5. The summed E-state index contributed by atoms with van der Waals surface area (Å²) in [5, 5.41) is 16.6. The molecule has 19 heavy (non-hydrogen) atoms. The number of aromatic nitrogens is 1. The minimum atomic E-state index is -0.450. The summed E-state index contributed by atoms with van der Waals surface area (Å²) in [6.07, 6.45) is -0.0622. The van der Waals surface area contributed by atoms with Crippen molar-refractivity contribution in [1.82, 2.24) is 4.98 Å². The summed E-state index contributed by atoms with van der Waals surface area (Å²) in [7, 11) is 1.66. The van der Waals surface area contributed by atoms with Crippen LogP contribution in [0.25, 0.3) is 0 Å². The second-order valence-corrected chi connectivity index (χ2v) is 4.05. The van der Waals surface area contributed by atoms with Gasteiger partial charge in [-0.05, 0) is 0 Å². The fourth-order valence-electron chi connectivity index (χ4n) is 1.71. The zero-order valence-electron chi connectivity index (χ0n) is 10.6. The van der Waals surface area contributed by atoms with Gasteiger partial charge in [-0.1, -0.05) is 0 Å². The van der Waals surface area contributed by atoms with Crippen LogP contribution in [0.3, 0.4) is 0 Å². The van der Waals surface area contributed by atoms with Crippen LogP contribution in [0.5, 0.6) is 0 Å². The van der Waals surface area contributed by atoms with Crippen molar-refractivity contribution in [2.24, 2.45) is 0 Å². The molecule has 0 radical (unpaired) electrons. The first-order valence-electron chi connectivity index (χ1n) is 5.96. The van der Waals surface area contributed by atoms with E-state index in [0.717, 1.165) is 0 Å². The highest BCUT2D eigenvalue weighted by molar-refractivity contribution is 5.54. The lowest BCUT2D eigenvalue weighted by atomic mass is 10.3. The molecule has 2 N–H and O–H groups in total. The second-order valence-electron chi connectivity index (χ2n) is 4.05. The highest BCUT2D eigenvalue weighted by Gasteiger charge is 2.15. The number of rotatable bonds is 5. The van der Waals surface area contributed by atoms with Crippen molar-refractivity contribution in [1.29, 1.82) is 0 Å². The maximum atomic E-state index is 10.8. The van der Waals surface area contributed by atoms with Crippen LogP contribution in [0.15, 0.2) is 12.1 Å². The quantitative estimate of drug-likeness (QED) is 0.603. The SMILES string of the molecule is CNc1cc([N+](=O)[O-])cc(NCC2COCCO2)n1. The van der Waals surface area contributed by atoms with E-state index in [-0.39, 0.29) is 11.8 Å². The van der Waals surface area contributed by atoms with Gasteiger partial charge in [-0.25, -0.2) is 4.98 Å². The van der Waals surface area contributed by atoms with Crippen molar-refractivity contribution in [3.8, 4) is 0 Å². The van der Waals surface area contributed by atoms with Gasteiger partial charge in [-0.15, -0.1) is 0 Å². The number of nitrogens with zero attached hydrogens (tertiary/aromatic N) is 2. The smallest absolute Gasteiger partial charge is 0.276 e. The summed E-state index contributed by atoms with van der Waals surface area (Å²) in [6, 6.07) is 2.77. The molecule has 0 spiro atoms. The van der Waals surface area contributed by atoms with Crippen LogP contribution in [0.2, 0.25) is 0 Å². The van der Waals surface area contributed by atoms with E-state index in [1.807, 2.05) is 0 Å². The third-order valence-corrected chi connectivity index (χ3v) is 2.67. The number of hydrogen-bond donors (Lipinski definition) is 2. The highest BCUT2D eigenvalue weighted by Crippen LogP contribution is 2.20. The van der Waals surface area contributed by atoms with Crippen LogP contribution < -0.4 is 10.6 Å². The average Bonchev–Trinajstić information content (AvgIpc) is 2.45. The van der Waals surface area contributed by atoms with Crippen LogP contribution >= 0.6 is 0 Å². The van der Waals surface area contributed by atoms with Crippen LogP contribution in [0.4, 0.5) is 17.3 Å². The van der Waals surface area contributed by atoms with E-state index in [0.29, 0.717) is 38.0 Å². The Balaban J connectivity index is 2.02. The first-order chi connectivity index (χ1) is 9.19. The van der Waals surface area contributed by atoms with Crippen molar-refractivity contribution in [2.45, 2.75) is 6.10 Å². The molecule has 0 bridgehead atoms. The fourth-order valence-corrected chi connectivity index (χ4v) is 1.71. The molecule has 1 aromatic heterocycles. The lowest BCUT2D eigenvalue weighted by molar-refractivity contribution is -0.384. The van der Waals surface area contributed by atoms with E-state index in [1.165, 1.54) is 12.1 Å². The molecule has 1 saturated heterocycles. The second kappa shape index (κ2) is 6.30. The van der Waals surface area contributed by atoms with E-state index < -0.39 is 4.92 Å². The molecule has 0 saturated carbocycles. The summed E-state index contributed by atoms with van der Waals surface area (Å²) < 4.78 is 10.7. The lowest BCUT2D eigenvalue weighted by Gasteiger charge is -2.23. The van der Waals surface area contributed by atoms with Crippen molar-refractivity contribution < 1.29 is 14.4 Å². The Labute approximate surface area is 110 Å². The van der Waals surface area contributed by atoms with Gasteiger partial charge in [-0.3, -0.25) is 10.1 Å². The minimum absolute atomic E-state index is 0.0114. The molecule has 104 valence electrons. The molecule has 8 nitrogen and oxygen atoms in total. The molecule has 1 atom stereocenters. The molecule has 1 aromatic rings. The molecule has 2 heterocycles. The molecule has 0 amide bonds. The lowest BCUT2D eigenvalue weighted by Crippen LogP contribution is -2.34. The molecule has 1 aliphatic heterocycles. The maximum absolute atomic E-state index is 10.8. The molecule has 1 fully saturated rings. The Kier molecular flexibility index (Phi) is 4.48. The number of hydrogen-bond acceptors (Lipinski definition) is 7. The molecule has 0 aromatic carbocycles. The van der Waals surface area contributed by atoms with E-state index in [2.05, 4.69) is 15.6 Å². The van der Waals surface area contributed by atoms with Gasteiger partial charge in [0.1, 0.15) is 11.6 Å². The minimum Gasteiger partial charge on any atom is -0.376 e. The van der Waals surface area contributed by atoms with Crippen LogP contribution in [0, 0.1) is 10.1 Å². The molecule has 1 aliphatic rings. The standard InChI is InChI=1S/C11H16N4O4/c1-12-10-4-8(15(16)17)5-11(14-10)13-6-9-7-18-2-3-19-9/h4-5,9H,2-3,6-7H2,1H3,(H2,12,13,14). The fraction of sp³-hybridized carbons (Fsp3) is 0.545. The summed E-state index contributed by atoms with van der Waals surface area (Å²) in [5.74, 6) is 0.880. The van der Waals surface area contributed by atoms with Gasteiger partial charge in [0.2, 0.25) is 0 Å². The highest BCUT2D eigenvalue weighted by atomic mass is 16.6. The number of nitrogens with one attached hydrogen (secondary N) is 2.